The summed E-state index contributed by atoms with van der Waals surface area (Å²) in [6.07, 6.45) is 5.69. The molecule has 0 bridgehead atoms. The molecular weight excluding hydrogens is 300 g/mol. The number of hydrogen-bond acceptors (Lipinski definition) is 5. The van der Waals surface area contributed by atoms with E-state index < -0.39 is 0 Å². The molecule has 6 heteroatoms. The molecular formula is C15H12N4S2. The number of rotatable bonds is 2. The van der Waals surface area contributed by atoms with Crippen LogP contribution >= 0.6 is 23.1 Å². The van der Waals surface area contributed by atoms with Crippen molar-refractivity contribution in [1.82, 2.24) is 19.5 Å². The van der Waals surface area contributed by atoms with Crippen LogP contribution in [0.25, 0.3) is 27.1 Å². The van der Waals surface area contributed by atoms with Crippen molar-refractivity contribution in [2.24, 2.45) is 0 Å². The number of thioether (sulfide) groups is 1. The van der Waals surface area contributed by atoms with Crippen LogP contribution in [0.3, 0.4) is 0 Å². The van der Waals surface area contributed by atoms with E-state index in [-0.39, 0.29) is 0 Å². The molecule has 0 saturated heterocycles. The van der Waals surface area contributed by atoms with Gasteiger partial charge in [0, 0.05) is 6.20 Å². The standard InChI is InChI=1S/C15H12N4S2/c1-9-12(6-5-10-13(9)21-15(18-10)20-2)19-8-17-11-4-3-7-16-14(11)19/h3-8H,1-2H3. The van der Waals surface area contributed by atoms with Crippen LogP contribution in [-0.4, -0.2) is 25.8 Å². The highest BCUT2D eigenvalue weighted by Gasteiger charge is 2.12. The largest absolute Gasteiger partial charge is 0.283 e. The lowest BCUT2D eigenvalue weighted by Gasteiger charge is -2.07. The number of pyridine rings is 1. The van der Waals surface area contributed by atoms with Gasteiger partial charge in [-0.2, -0.15) is 0 Å². The molecule has 0 radical (unpaired) electrons. The Balaban J connectivity index is 2.00. The second-order valence-electron chi connectivity index (χ2n) is 4.70. The molecule has 0 aliphatic carbocycles. The van der Waals surface area contributed by atoms with Crippen molar-refractivity contribution in [3.8, 4) is 5.69 Å². The van der Waals surface area contributed by atoms with E-state index in [0.717, 1.165) is 26.7 Å². The zero-order chi connectivity index (χ0) is 14.4. The number of fused-ring (bicyclic) bond motifs is 2. The average molecular weight is 312 g/mol. The molecule has 0 unspecified atom stereocenters. The summed E-state index contributed by atoms with van der Waals surface area (Å²) in [5.41, 5.74) is 5.18. The van der Waals surface area contributed by atoms with E-state index in [1.807, 2.05) is 23.0 Å². The quantitative estimate of drug-likeness (QED) is 0.524. The van der Waals surface area contributed by atoms with Crippen molar-refractivity contribution >= 4 is 44.5 Å². The van der Waals surface area contributed by atoms with E-state index in [4.69, 9.17) is 0 Å². The van der Waals surface area contributed by atoms with E-state index in [0.29, 0.717) is 0 Å². The van der Waals surface area contributed by atoms with Crippen molar-refractivity contribution < 1.29 is 0 Å². The lowest BCUT2D eigenvalue weighted by molar-refractivity contribution is 1.06. The highest BCUT2D eigenvalue weighted by Crippen LogP contribution is 2.33. The third-order valence-electron chi connectivity index (χ3n) is 3.50. The lowest BCUT2D eigenvalue weighted by Crippen LogP contribution is -1.96. The molecule has 1 aromatic carbocycles. The van der Waals surface area contributed by atoms with E-state index >= 15 is 0 Å². The molecule has 21 heavy (non-hydrogen) atoms. The predicted octanol–water partition coefficient (Wildman–Crippen LogP) is 4.06. The highest BCUT2D eigenvalue weighted by molar-refractivity contribution is 8.00. The molecule has 4 rings (SSSR count). The maximum Gasteiger partial charge on any atom is 0.164 e. The maximum atomic E-state index is 4.62. The van der Waals surface area contributed by atoms with Crippen LogP contribution < -0.4 is 0 Å². The smallest absolute Gasteiger partial charge is 0.164 e. The van der Waals surface area contributed by atoms with Crippen molar-refractivity contribution in [2.45, 2.75) is 11.3 Å². The third-order valence-corrected chi connectivity index (χ3v) is 5.67. The Morgan fingerprint density at radius 1 is 1.14 bits per heavy atom. The second-order valence-corrected chi connectivity index (χ2v) is 6.75. The van der Waals surface area contributed by atoms with Crippen molar-refractivity contribution in [2.75, 3.05) is 6.26 Å². The van der Waals surface area contributed by atoms with Gasteiger partial charge in [-0.05, 0) is 43.0 Å². The molecule has 0 N–H and O–H groups in total. The number of thiazole rings is 1. The number of nitrogens with zero attached hydrogens (tertiary/aromatic N) is 4. The van der Waals surface area contributed by atoms with Crippen molar-refractivity contribution in [3.63, 3.8) is 0 Å². The fourth-order valence-electron chi connectivity index (χ4n) is 2.47. The van der Waals surface area contributed by atoms with Gasteiger partial charge in [0.1, 0.15) is 11.8 Å². The first-order valence-corrected chi connectivity index (χ1v) is 8.54. The highest BCUT2D eigenvalue weighted by atomic mass is 32.2. The Labute approximate surface area is 129 Å². The van der Waals surface area contributed by atoms with Gasteiger partial charge in [-0.15, -0.1) is 11.3 Å². The predicted molar refractivity (Wildman–Crippen MR) is 88.6 cm³/mol. The first-order valence-electron chi connectivity index (χ1n) is 6.50. The van der Waals surface area contributed by atoms with Gasteiger partial charge in [0.15, 0.2) is 9.99 Å². The van der Waals surface area contributed by atoms with E-state index in [1.165, 1.54) is 10.3 Å². The Morgan fingerprint density at radius 2 is 2.05 bits per heavy atom. The first kappa shape index (κ1) is 12.8. The Morgan fingerprint density at radius 3 is 2.90 bits per heavy atom. The zero-order valence-corrected chi connectivity index (χ0v) is 13.2. The number of aromatic nitrogens is 4. The molecule has 3 heterocycles. The minimum absolute atomic E-state index is 0.884. The summed E-state index contributed by atoms with van der Waals surface area (Å²) in [5, 5.41) is 0. The zero-order valence-electron chi connectivity index (χ0n) is 11.6. The van der Waals surface area contributed by atoms with Gasteiger partial charge >= 0.3 is 0 Å². The third kappa shape index (κ3) is 1.94. The lowest BCUT2D eigenvalue weighted by atomic mass is 10.2. The summed E-state index contributed by atoms with van der Waals surface area (Å²) < 4.78 is 4.37. The van der Waals surface area contributed by atoms with Crippen LogP contribution in [0.4, 0.5) is 0 Å². The minimum atomic E-state index is 0.884. The summed E-state index contributed by atoms with van der Waals surface area (Å²) in [5.74, 6) is 0. The van der Waals surface area contributed by atoms with Crippen LogP contribution in [0.2, 0.25) is 0 Å². The Hall–Kier alpha value is -1.92. The molecule has 0 aliphatic rings. The van der Waals surface area contributed by atoms with Crippen LogP contribution in [0.15, 0.2) is 41.1 Å². The molecule has 4 aromatic rings. The topological polar surface area (TPSA) is 43.6 Å². The number of hydrogen-bond donors (Lipinski definition) is 0. The van der Waals surface area contributed by atoms with E-state index in [9.17, 15) is 0 Å². The molecule has 104 valence electrons. The molecule has 0 fully saturated rings. The van der Waals surface area contributed by atoms with Gasteiger partial charge in [-0.3, -0.25) is 4.57 Å². The normalized spacial score (nSPS) is 11.5. The molecule has 4 nitrogen and oxygen atoms in total. The first-order chi connectivity index (χ1) is 10.3. The summed E-state index contributed by atoms with van der Waals surface area (Å²) in [6.45, 7) is 2.13. The SMILES string of the molecule is CSc1nc2ccc(-n3cnc4cccnc43)c(C)c2s1. The molecule has 0 amide bonds. The second kappa shape index (κ2) is 4.82. The molecule has 0 spiro atoms. The Bertz CT molecular complexity index is 955. The van der Waals surface area contributed by atoms with Gasteiger partial charge in [0.05, 0.1) is 15.9 Å². The Kier molecular flexibility index (Phi) is 2.94. The summed E-state index contributed by atoms with van der Waals surface area (Å²) in [4.78, 5) is 13.5. The fourth-order valence-corrected chi connectivity index (χ4v) is 4.03. The number of imidazole rings is 1. The fraction of sp³-hybridized carbons (Fsp3) is 0.133. The van der Waals surface area contributed by atoms with Crippen LogP contribution in [0, 0.1) is 6.92 Å². The minimum Gasteiger partial charge on any atom is -0.283 e. The van der Waals surface area contributed by atoms with Crippen LogP contribution in [-0.2, 0) is 0 Å². The van der Waals surface area contributed by atoms with Gasteiger partial charge in [-0.1, -0.05) is 11.8 Å². The van der Waals surface area contributed by atoms with Crippen LogP contribution in [0.1, 0.15) is 5.56 Å². The average Bonchev–Trinajstić information content (AvgIpc) is 3.12. The van der Waals surface area contributed by atoms with Crippen LogP contribution in [0.5, 0.6) is 0 Å². The molecule has 0 saturated carbocycles. The van der Waals surface area contributed by atoms with Gasteiger partial charge in [-0.25, -0.2) is 15.0 Å². The van der Waals surface area contributed by atoms with Crippen molar-refractivity contribution in [3.05, 3.63) is 42.4 Å². The maximum absolute atomic E-state index is 4.62. The van der Waals surface area contributed by atoms with E-state index in [2.05, 4.69) is 40.3 Å². The number of benzene rings is 1. The van der Waals surface area contributed by atoms with E-state index in [1.54, 1.807) is 29.3 Å². The van der Waals surface area contributed by atoms with Gasteiger partial charge in [0.2, 0.25) is 0 Å². The summed E-state index contributed by atoms with van der Waals surface area (Å²) in [7, 11) is 0. The number of aryl methyl sites for hydroxylation is 1. The molecule has 3 aromatic heterocycles. The van der Waals surface area contributed by atoms with Gasteiger partial charge < -0.3 is 0 Å². The van der Waals surface area contributed by atoms with Crippen molar-refractivity contribution in [1.29, 1.82) is 0 Å². The summed E-state index contributed by atoms with van der Waals surface area (Å²) >= 11 is 3.42. The monoisotopic (exact) mass is 312 g/mol. The summed E-state index contributed by atoms with van der Waals surface area (Å²) in [6, 6.07) is 8.05. The molecule has 0 aliphatic heterocycles. The van der Waals surface area contributed by atoms with Gasteiger partial charge in [0.25, 0.3) is 0 Å². The molecule has 0 atom stereocenters.